The Kier molecular flexibility index (Phi) is 6.44. The summed E-state index contributed by atoms with van der Waals surface area (Å²) in [5, 5.41) is 0. The third-order valence-electron chi connectivity index (χ3n) is 3.90. The van der Waals surface area contributed by atoms with Crippen LogP contribution in [0.3, 0.4) is 0 Å². The summed E-state index contributed by atoms with van der Waals surface area (Å²) in [6.07, 6.45) is 13.8. The Morgan fingerprint density at radius 2 is 1.88 bits per heavy atom. The third-order valence-corrected chi connectivity index (χ3v) is 3.90. The SMILES string of the molecule is CCC1CC(C)CC1C/C=C\CCCC=O. The molecule has 3 unspecified atom stereocenters. The molecule has 1 aliphatic rings. The second-order valence-electron chi connectivity index (χ2n) is 5.31. The van der Waals surface area contributed by atoms with Gasteiger partial charge in [-0.3, -0.25) is 0 Å². The van der Waals surface area contributed by atoms with Crippen molar-refractivity contribution in [2.24, 2.45) is 17.8 Å². The number of rotatable bonds is 7. The molecule has 0 bridgehead atoms. The van der Waals surface area contributed by atoms with E-state index >= 15 is 0 Å². The molecule has 16 heavy (non-hydrogen) atoms. The van der Waals surface area contributed by atoms with Gasteiger partial charge in [0.15, 0.2) is 0 Å². The van der Waals surface area contributed by atoms with Crippen molar-refractivity contribution in [3.63, 3.8) is 0 Å². The summed E-state index contributed by atoms with van der Waals surface area (Å²) >= 11 is 0. The monoisotopic (exact) mass is 222 g/mol. The normalized spacial score (nSPS) is 30.0. The fourth-order valence-corrected chi connectivity index (χ4v) is 3.01. The molecule has 3 atom stereocenters. The average Bonchev–Trinajstić information content (AvgIpc) is 2.64. The maximum Gasteiger partial charge on any atom is 0.120 e. The fraction of sp³-hybridized carbons (Fsp3) is 0.800. The molecule has 0 heterocycles. The van der Waals surface area contributed by atoms with Crippen LogP contribution in [0.1, 0.15) is 58.8 Å². The quantitative estimate of drug-likeness (QED) is 0.355. The Balaban J connectivity index is 2.18. The van der Waals surface area contributed by atoms with Crippen LogP contribution >= 0.6 is 0 Å². The van der Waals surface area contributed by atoms with Crippen LogP contribution in [0, 0.1) is 17.8 Å². The number of aldehydes is 1. The molecule has 0 aromatic carbocycles. The Labute approximate surface area is 100 Å². The molecule has 1 rings (SSSR count). The third kappa shape index (κ3) is 4.51. The molecule has 0 aliphatic heterocycles. The van der Waals surface area contributed by atoms with E-state index in [0.29, 0.717) is 6.42 Å². The number of carbonyl (C=O) groups is 1. The Bertz CT molecular complexity index is 219. The van der Waals surface area contributed by atoms with Crippen LogP contribution < -0.4 is 0 Å². The van der Waals surface area contributed by atoms with E-state index in [1.54, 1.807) is 0 Å². The van der Waals surface area contributed by atoms with Gasteiger partial charge in [-0.1, -0.05) is 32.4 Å². The van der Waals surface area contributed by atoms with Gasteiger partial charge in [0.25, 0.3) is 0 Å². The summed E-state index contributed by atoms with van der Waals surface area (Å²) in [7, 11) is 0. The summed E-state index contributed by atoms with van der Waals surface area (Å²) in [5.41, 5.74) is 0. The number of unbranched alkanes of at least 4 members (excludes halogenated alkanes) is 2. The molecule has 1 saturated carbocycles. The fourth-order valence-electron chi connectivity index (χ4n) is 3.01. The van der Waals surface area contributed by atoms with Crippen molar-refractivity contribution >= 4 is 6.29 Å². The molecule has 1 nitrogen and oxygen atoms in total. The lowest BCUT2D eigenvalue weighted by Crippen LogP contribution is -2.05. The van der Waals surface area contributed by atoms with Crippen LogP contribution in [0.5, 0.6) is 0 Å². The molecular formula is C15H26O. The smallest absolute Gasteiger partial charge is 0.120 e. The largest absolute Gasteiger partial charge is 0.303 e. The lowest BCUT2D eigenvalue weighted by Gasteiger charge is -2.15. The van der Waals surface area contributed by atoms with Crippen molar-refractivity contribution in [3.8, 4) is 0 Å². The van der Waals surface area contributed by atoms with Crippen LogP contribution in [0.2, 0.25) is 0 Å². The first-order valence-electron chi connectivity index (χ1n) is 6.86. The summed E-state index contributed by atoms with van der Waals surface area (Å²) in [6, 6.07) is 0. The maximum absolute atomic E-state index is 10.1. The van der Waals surface area contributed by atoms with E-state index in [2.05, 4.69) is 26.0 Å². The molecule has 1 fully saturated rings. The Hall–Kier alpha value is -0.590. The van der Waals surface area contributed by atoms with Gasteiger partial charge in [0.05, 0.1) is 0 Å². The van der Waals surface area contributed by atoms with Gasteiger partial charge in [-0.25, -0.2) is 0 Å². The standard InChI is InChI=1S/C15H26O/c1-3-14-11-13(2)12-15(14)9-7-5-4-6-8-10-16/h5,7,10,13-15H,3-4,6,8-9,11-12H2,1-2H3/b7-5-. The van der Waals surface area contributed by atoms with Gasteiger partial charge in [-0.2, -0.15) is 0 Å². The lowest BCUT2D eigenvalue weighted by molar-refractivity contribution is -0.107. The first kappa shape index (κ1) is 13.5. The zero-order chi connectivity index (χ0) is 11.8. The van der Waals surface area contributed by atoms with Crippen LogP contribution in [-0.2, 0) is 4.79 Å². The number of carbonyl (C=O) groups excluding carboxylic acids is 1. The Morgan fingerprint density at radius 3 is 2.56 bits per heavy atom. The molecule has 0 saturated heterocycles. The Morgan fingerprint density at radius 1 is 1.12 bits per heavy atom. The van der Waals surface area contributed by atoms with Crippen molar-refractivity contribution < 1.29 is 4.79 Å². The van der Waals surface area contributed by atoms with Gasteiger partial charge >= 0.3 is 0 Å². The van der Waals surface area contributed by atoms with Crippen LogP contribution in [0.25, 0.3) is 0 Å². The highest BCUT2D eigenvalue weighted by Gasteiger charge is 2.29. The van der Waals surface area contributed by atoms with E-state index in [1.807, 2.05) is 0 Å². The second-order valence-corrected chi connectivity index (χ2v) is 5.31. The summed E-state index contributed by atoms with van der Waals surface area (Å²) < 4.78 is 0. The number of hydrogen-bond acceptors (Lipinski definition) is 1. The number of hydrogen-bond donors (Lipinski definition) is 0. The predicted octanol–water partition coefficient (Wildman–Crippen LogP) is 4.37. The van der Waals surface area contributed by atoms with Gasteiger partial charge in [0.2, 0.25) is 0 Å². The molecule has 1 heteroatoms. The molecule has 0 radical (unpaired) electrons. The number of allylic oxidation sites excluding steroid dienone is 2. The van der Waals surface area contributed by atoms with Crippen molar-refractivity contribution in [2.75, 3.05) is 0 Å². The minimum atomic E-state index is 0.711. The topological polar surface area (TPSA) is 17.1 Å². The first-order valence-corrected chi connectivity index (χ1v) is 6.86. The lowest BCUT2D eigenvalue weighted by atomic mass is 9.91. The van der Waals surface area contributed by atoms with Gasteiger partial charge in [-0.05, 0) is 49.9 Å². The van der Waals surface area contributed by atoms with E-state index < -0.39 is 0 Å². The summed E-state index contributed by atoms with van der Waals surface area (Å²) in [4.78, 5) is 10.1. The van der Waals surface area contributed by atoms with E-state index in [9.17, 15) is 4.79 Å². The maximum atomic E-state index is 10.1. The molecule has 0 amide bonds. The van der Waals surface area contributed by atoms with Crippen molar-refractivity contribution in [1.29, 1.82) is 0 Å². The first-order chi connectivity index (χ1) is 7.77. The summed E-state index contributed by atoms with van der Waals surface area (Å²) in [5.74, 6) is 2.80. The zero-order valence-electron chi connectivity index (χ0n) is 10.8. The molecule has 0 aromatic heterocycles. The average molecular weight is 222 g/mol. The molecule has 92 valence electrons. The molecule has 0 spiro atoms. The van der Waals surface area contributed by atoms with Gasteiger partial charge in [-0.15, -0.1) is 0 Å². The van der Waals surface area contributed by atoms with Crippen LogP contribution in [0.15, 0.2) is 12.2 Å². The van der Waals surface area contributed by atoms with E-state index in [0.717, 1.165) is 36.9 Å². The van der Waals surface area contributed by atoms with E-state index in [4.69, 9.17) is 0 Å². The van der Waals surface area contributed by atoms with E-state index in [1.165, 1.54) is 25.7 Å². The zero-order valence-corrected chi connectivity index (χ0v) is 10.8. The molecule has 0 aromatic rings. The molecular weight excluding hydrogens is 196 g/mol. The minimum absolute atomic E-state index is 0.711. The molecule has 0 N–H and O–H groups in total. The van der Waals surface area contributed by atoms with Crippen LogP contribution in [-0.4, -0.2) is 6.29 Å². The predicted molar refractivity (Wildman–Crippen MR) is 69.3 cm³/mol. The highest BCUT2D eigenvalue weighted by Crippen LogP contribution is 2.40. The minimum Gasteiger partial charge on any atom is -0.303 e. The molecule has 1 aliphatic carbocycles. The second kappa shape index (κ2) is 7.65. The highest BCUT2D eigenvalue weighted by atomic mass is 16.1. The van der Waals surface area contributed by atoms with E-state index in [-0.39, 0.29) is 0 Å². The van der Waals surface area contributed by atoms with Crippen LogP contribution in [0.4, 0.5) is 0 Å². The summed E-state index contributed by atoms with van der Waals surface area (Å²) in [6.45, 7) is 4.71. The van der Waals surface area contributed by atoms with Crippen molar-refractivity contribution in [3.05, 3.63) is 12.2 Å². The van der Waals surface area contributed by atoms with Gasteiger partial charge < -0.3 is 4.79 Å². The van der Waals surface area contributed by atoms with Crippen molar-refractivity contribution in [1.82, 2.24) is 0 Å². The highest BCUT2D eigenvalue weighted by molar-refractivity contribution is 5.48. The van der Waals surface area contributed by atoms with Crippen molar-refractivity contribution in [2.45, 2.75) is 58.8 Å². The van der Waals surface area contributed by atoms with Gasteiger partial charge in [0, 0.05) is 6.42 Å². The van der Waals surface area contributed by atoms with Gasteiger partial charge in [0.1, 0.15) is 6.29 Å².